The minimum atomic E-state index is -0.233. The number of piperidine rings is 1. The number of methoxy groups -OCH3 is 1. The maximum atomic E-state index is 13.2. The predicted molar refractivity (Wildman–Crippen MR) is 117 cm³/mol. The van der Waals surface area contributed by atoms with Gasteiger partial charge in [0.15, 0.2) is 5.96 Å². The number of guanidine groups is 1. The van der Waals surface area contributed by atoms with Crippen LogP contribution in [0.25, 0.3) is 0 Å². The lowest BCUT2D eigenvalue weighted by Gasteiger charge is -2.36. The SMILES string of the molecule is CN=C(NCC(OC)c1ccc(F)cc1)NC1CCN(CC2CCCCC2)CC1. The zero-order chi connectivity index (χ0) is 20.5. The fourth-order valence-electron chi connectivity index (χ4n) is 4.59. The molecule has 1 saturated carbocycles. The van der Waals surface area contributed by atoms with Gasteiger partial charge >= 0.3 is 0 Å². The summed E-state index contributed by atoms with van der Waals surface area (Å²) in [6.45, 7) is 4.21. The van der Waals surface area contributed by atoms with Gasteiger partial charge in [-0.2, -0.15) is 0 Å². The zero-order valence-corrected chi connectivity index (χ0v) is 18.0. The Balaban J connectivity index is 1.40. The Labute approximate surface area is 175 Å². The number of rotatable bonds is 7. The lowest BCUT2D eigenvalue weighted by atomic mass is 9.88. The van der Waals surface area contributed by atoms with Gasteiger partial charge in [0.05, 0.1) is 6.10 Å². The smallest absolute Gasteiger partial charge is 0.191 e. The van der Waals surface area contributed by atoms with Crippen LogP contribution in [0.15, 0.2) is 29.3 Å². The molecule has 0 radical (unpaired) electrons. The molecule has 3 rings (SSSR count). The second kappa shape index (κ2) is 11.5. The first-order valence-electron chi connectivity index (χ1n) is 11.2. The summed E-state index contributed by atoms with van der Waals surface area (Å²) >= 11 is 0. The number of nitrogens with one attached hydrogen (secondary N) is 2. The van der Waals surface area contributed by atoms with E-state index in [1.54, 1.807) is 26.3 Å². The molecule has 2 fully saturated rings. The van der Waals surface area contributed by atoms with Gasteiger partial charge in [-0.1, -0.05) is 31.4 Å². The lowest BCUT2D eigenvalue weighted by molar-refractivity contribution is 0.106. The molecule has 1 aromatic rings. The first-order valence-corrected chi connectivity index (χ1v) is 11.2. The van der Waals surface area contributed by atoms with E-state index in [2.05, 4.69) is 20.5 Å². The van der Waals surface area contributed by atoms with E-state index < -0.39 is 0 Å². The van der Waals surface area contributed by atoms with Gasteiger partial charge in [-0.15, -0.1) is 0 Å². The second-order valence-corrected chi connectivity index (χ2v) is 8.45. The van der Waals surface area contributed by atoms with Crippen molar-refractivity contribution in [3.8, 4) is 0 Å². The van der Waals surface area contributed by atoms with Crippen LogP contribution in [-0.4, -0.2) is 57.2 Å². The van der Waals surface area contributed by atoms with Crippen LogP contribution in [-0.2, 0) is 4.74 Å². The van der Waals surface area contributed by atoms with Gasteiger partial charge in [0.2, 0.25) is 0 Å². The van der Waals surface area contributed by atoms with Crippen molar-refractivity contribution >= 4 is 5.96 Å². The van der Waals surface area contributed by atoms with E-state index in [0.717, 1.165) is 30.3 Å². The molecule has 1 heterocycles. The van der Waals surface area contributed by atoms with Gasteiger partial charge in [0, 0.05) is 46.4 Å². The number of aliphatic imine (C=N–C) groups is 1. The average Bonchev–Trinajstić information content (AvgIpc) is 2.76. The molecule has 1 saturated heterocycles. The van der Waals surface area contributed by atoms with Gasteiger partial charge in [0.25, 0.3) is 0 Å². The fraction of sp³-hybridized carbons (Fsp3) is 0.696. The molecule has 0 amide bonds. The van der Waals surface area contributed by atoms with E-state index in [0.29, 0.717) is 12.6 Å². The van der Waals surface area contributed by atoms with Gasteiger partial charge in [-0.25, -0.2) is 4.39 Å². The van der Waals surface area contributed by atoms with E-state index in [1.165, 1.54) is 63.9 Å². The molecular weight excluding hydrogens is 367 g/mol. The van der Waals surface area contributed by atoms with E-state index >= 15 is 0 Å². The van der Waals surface area contributed by atoms with Crippen LogP contribution in [0.3, 0.4) is 0 Å². The highest BCUT2D eigenvalue weighted by Crippen LogP contribution is 2.25. The maximum Gasteiger partial charge on any atom is 0.191 e. The van der Waals surface area contributed by atoms with Crippen molar-refractivity contribution in [1.82, 2.24) is 15.5 Å². The average molecular weight is 405 g/mol. The standard InChI is InChI=1S/C23H37FN4O/c1-25-23(26-16-22(29-2)19-8-10-20(24)11-9-19)27-21-12-14-28(15-13-21)17-18-6-4-3-5-7-18/h8-11,18,21-22H,3-7,12-17H2,1-2H3,(H2,25,26,27). The van der Waals surface area contributed by atoms with E-state index in [-0.39, 0.29) is 11.9 Å². The third-order valence-electron chi connectivity index (χ3n) is 6.37. The Morgan fingerprint density at radius 2 is 1.83 bits per heavy atom. The topological polar surface area (TPSA) is 48.9 Å². The van der Waals surface area contributed by atoms with Crippen molar-refractivity contribution in [3.05, 3.63) is 35.6 Å². The summed E-state index contributed by atoms with van der Waals surface area (Å²) < 4.78 is 18.7. The van der Waals surface area contributed by atoms with Crippen LogP contribution < -0.4 is 10.6 Å². The van der Waals surface area contributed by atoms with Gasteiger partial charge in [-0.3, -0.25) is 4.99 Å². The molecule has 1 aliphatic carbocycles. The van der Waals surface area contributed by atoms with Crippen LogP contribution in [0.4, 0.5) is 4.39 Å². The number of halogens is 1. The maximum absolute atomic E-state index is 13.2. The lowest BCUT2D eigenvalue weighted by Crippen LogP contribution is -2.50. The molecule has 0 bridgehead atoms. The highest BCUT2D eigenvalue weighted by Gasteiger charge is 2.23. The molecule has 0 aromatic heterocycles. The number of likely N-dealkylation sites (tertiary alicyclic amines) is 1. The normalized spacial score (nSPS) is 21.1. The molecule has 29 heavy (non-hydrogen) atoms. The monoisotopic (exact) mass is 404 g/mol. The Morgan fingerprint density at radius 1 is 1.14 bits per heavy atom. The molecule has 1 aromatic carbocycles. The molecule has 1 atom stereocenters. The first kappa shape index (κ1) is 22.0. The van der Waals surface area contributed by atoms with Crippen LogP contribution in [0.5, 0.6) is 0 Å². The summed E-state index contributed by atoms with van der Waals surface area (Å²) in [5, 5.41) is 6.93. The predicted octanol–water partition coefficient (Wildman–Crippen LogP) is 3.72. The van der Waals surface area contributed by atoms with Crippen LogP contribution in [0.1, 0.15) is 56.6 Å². The molecule has 2 N–H and O–H groups in total. The van der Waals surface area contributed by atoms with Crippen molar-refractivity contribution in [1.29, 1.82) is 0 Å². The van der Waals surface area contributed by atoms with E-state index in [1.807, 2.05) is 0 Å². The van der Waals surface area contributed by atoms with Crippen LogP contribution in [0, 0.1) is 11.7 Å². The summed E-state index contributed by atoms with van der Waals surface area (Å²) in [6, 6.07) is 6.92. The fourth-order valence-corrected chi connectivity index (χ4v) is 4.59. The Morgan fingerprint density at radius 3 is 2.45 bits per heavy atom. The number of nitrogens with zero attached hydrogens (tertiary/aromatic N) is 2. The molecule has 162 valence electrons. The number of benzene rings is 1. The van der Waals surface area contributed by atoms with Gasteiger partial charge in [-0.05, 0) is 49.3 Å². The number of hydrogen-bond donors (Lipinski definition) is 2. The van der Waals surface area contributed by atoms with Crippen molar-refractivity contribution in [2.75, 3.05) is 40.3 Å². The minimum absolute atomic E-state index is 0.147. The Hall–Kier alpha value is -1.66. The summed E-state index contributed by atoms with van der Waals surface area (Å²) in [7, 11) is 3.47. The molecule has 1 unspecified atom stereocenters. The van der Waals surface area contributed by atoms with Gasteiger partial charge < -0.3 is 20.3 Å². The van der Waals surface area contributed by atoms with E-state index in [4.69, 9.17) is 4.74 Å². The quantitative estimate of drug-likeness (QED) is 0.537. The van der Waals surface area contributed by atoms with Crippen molar-refractivity contribution in [2.45, 2.75) is 57.1 Å². The minimum Gasteiger partial charge on any atom is -0.375 e. The summed E-state index contributed by atoms with van der Waals surface area (Å²) in [4.78, 5) is 7.03. The summed E-state index contributed by atoms with van der Waals surface area (Å²) in [6.07, 6.45) is 9.27. The number of ether oxygens (including phenoxy) is 1. The van der Waals surface area contributed by atoms with Crippen molar-refractivity contribution < 1.29 is 9.13 Å². The van der Waals surface area contributed by atoms with Crippen molar-refractivity contribution in [3.63, 3.8) is 0 Å². The summed E-state index contributed by atoms with van der Waals surface area (Å²) in [5.74, 6) is 1.49. The third-order valence-corrected chi connectivity index (χ3v) is 6.37. The molecule has 0 spiro atoms. The molecule has 2 aliphatic rings. The molecular formula is C23H37FN4O. The number of hydrogen-bond acceptors (Lipinski definition) is 3. The van der Waals surface area contributed by atoms with Crippen LogP contribution >= 0.6 is 0 Å². The molecule has 5 nitrogen and oxygen atoms in total. The Kier molecular flexibility index (Phi) is 8.74. The first-order chi connectivity index (χ1) is 14.2. The highest BCUT2D eigenvalue weighted by molar-refractivity contribution is 5.80. The zero-order valence-electron chi connectivity index (χ0n) is 18.0. The second-order valence-electron chi connectivity index (χ2n) is 8.45. The molecule has 6 heteroatoms. The largest absolute Gasteiger partial charge is 0.375 e. The molecule has 1 aliphatic heterocycles. The summed E-state index contributed by atoms with van der Waals surface area (Å²) in [5.41, 5.74) is 0.952. The van der Waals surface area contributed by atoms with Crippen molar-refractivity contribution in [2.24, 2.45) is 10.9 Å². The third kappa shape index (κ3) is 6.96. The Bertz CT molecular complexity index is 622. The highest BCUT2D eigenvalue weighted by atomic mass is 19.1. The van der Waals surface area contributed by atoms with E-state index in [9.17, 15) is 4.39 Å². The van der Waals surface area contributed by atoms with Gasteiger partial charge in [0.1, 0.15) is 5.82 Å². The van der Waals surface area contributed by atoms with Crippen LogP contribution in [0.2, 0.25) is 0 Å².